The molecule has 2 atom stereocenters. The molecular weight excluding hydrogens is 282 g/mol. The number of nitrogens with zero attached hydrogens (tertiary/aromatic N) is 2. The van der Waals surface area contributed by atoms with E-state index in [0.29, 0.717) is 6.54 Å². The van der Waals surface area contributed by atoms with Crippen LogP contribution in [0.25, 0.3) is 0 Å². The van der Waals surface area contributed by atoms with Crippen molar-refractivity contribution in [3.05, 3.63) is 16.6 Å². The number of hydrogen-bond donors (Lipinski definition) is 2. The molecule has 8 heteroatoms. The van der Waals surface area contributed by atoms with Crippen molar-refractivity contribution in [2.45, 2.75) is 25.5 Å². The molecule has 1 aliphatic rings. The third-order valence-corrected chi connectivity index (χ3v) is 3.97. The predicted octanol–water partition coefficient (Wildman–Crippen LogP) is 1.09. The minimum atomic E-state index is -1.05. The lowest BCUT2D eigenvalue weighted by Crippen LogP contribution is -2.52. The number of morpholine rings is 1. The van der Waals surface area contributed by atoms with Crippen LogP contribution >= 0.6 is 11.3 Å². The Bertz CT molecular complexity index is 465. The topological polar surface area (TPSA) is 91.8 Å². The van der Waals surface area contributed by atoms with Gasteiger partial charge in [0, 0.05) is 18.1 Å². The number of aromatic nitrogens is 1. The zero-order valence-corrected chi connectivity index (χ0v) is 11.9. The van der Waals surface area contributed by atoms with Crippen LogP contribution < -0.4 is 5.32 Å². The maximum Gasteiger partial charge on any atom is 0.334 e. The van der Waals surface area contributed by atoms with Crippen LogP contribution in [0.1, 0.15) is 24.4 Å². The summed E-state index contributed by atoms with van der Waals surface area (Å²) in [4.78, 5) is 28.7. The van der Waals surface area contributed by atoms with Crippen molar-refractivity contribution in [3.63, 3.8) is 0 Å². The van der Waals surface area contributed by atoms with Gasteiger partial charge in [-0.3, -0.25) is 0 Å². The van der Waals surface area contributed by atoms with Crippen molar-refractivity contribution < 1.29 is 19.4 Å². The van der Waals surface area contributed by atoms with Gasteiger partial charge in [-0.15, -0.1) is 11.3 Å². The number of amides is 2. The molecule has 0 bridgehead atoms. The maximum atomic E-state index is 12.2. The highest BCUT2D eigenvalue weighted by molar-refractivity contribution is 7.09. The number of urea groups is 1. The summed E-state index contributed by atoms with van der Waals surface area (Å²) in [6.45, 7) is 2.66. The molecule has 0 saturated carbocycles. The molecule has 1 aliphatic heterocycles. The van der Waals surface area contributed by atoms with Gasteiger partial charge in [-0.05, 0) is 6.42 Å². The predicted molar refractivity (Wildman–Crippen MR) is 72.6 cm³/mol. The molecule has 2 rings (SSSR count). The quantitative estimate of drug-likeness (QED) is 0.868. The molecule has 1 fully saturated rings. The molecule has 0 aliphatic carbocycles. The highest BCUT2D eigenvalue weighted by Crippen LogP contribution is 2.19. The van der Waals surface area contributed by atoms with Crippen LogP contribution in [0, 0.1) is 0 Å². The standard InChI is InChI=1S/C12H17N3O4S/c1-2-8(10-13-3-6-20-10)14-12(18)15-4-5-19-9(7-15)11(16)17/h3,6,8-9H,2,4-5,7H2,1H3,(H,14,18)(H,16,17). The number of carboxylic acids is 1. The first kappa shape index (κ1) is 14.7. The molecule has 2 unspecified atom stereocenters. The fraction of sp³-hybridized carbons (Fsp3) is 0.583. The third-order valence-electron chi connectivity index (χ3n) is 3.08. The summed E-state index contributed by atoms with van der Waals surface area (Å²) in [7, 11) is 0. The molecule has 1 saturated heterocycles. The van der Waals surface area contributed by atoms with Crippen LogP contribution in [-0.4, -0.2) is 52.8 Å². The summed E-state index contributed by atoms with van der Waals surface area (Å²) in [6.07, 6.45) is 1.48. The Hall–Kier alpha value is -1.67. The number of aliphatic carboxylic acids is 1. The Balaban J connectivity index is 1.95. The van der Waals surface area contributed by atoms with Gasteiger partial charge in [0.1, 0.15) is 5.01 Å². The van der Waals surface area contributed by atoms with Crippen molar-refractivity contribution in [1.29, 1.82) is 0 Å². The van der Waals surface area contributed by atoms with Crippen LogP contribution in [-0.2, 0) is 9.53 Å². The van der Waals surface area contributed by atoms with E-state index in [1.807, 2.05) is 12.3 Å². The Morgan fingerprint density at radius 1 is 1.70 bits per heavy atom. The Kier molecular flexibility index (Phi) is 4.91. The second-order valence-corrected chi connectivity index (χ2v) is 5.35. The molecule has 2 heterocycles. The number of carbonyl (C=O) groups excluding carboxylic acids is 1. The van der Waals surface area contributed by atoms with Crippen molar-refractivity contribution in [3.8, 4) is 0 Å². The van der Waals surface area contributed by atoms with Crippen LogP contribution in [0.4, 0.5) is 4.79 Å². The van der Waals surface area contributed by atoms with E-state index in [4.69, 9.17) is 9.84 Å². The molecule has 7 nitrogen and oxygen atoms in total. The summed E-state index contributed by atoms with van der Waals surface area (Å²) in [5, 5.41) is 14.5. The molecule has 1 aromatic rings. The van der Waals surface area contributed by atoms with Gasteiger partial charge in [-0.25, -0.2) is 14.6 Å². The monoisotopic (exact) mass is 299 g/mol. The van der Waals surface area contributed by atoms with E-state index in [2.05, 4.69) is 10.3 Å². The number of hydrogen-bond acceptors (Lipinski definition) is 5. The fourth-order valence-electron chi connectivity index (χ4n) is 1.97. The first-order valence-corrected chi connectivity index (χ1v) is 7.29. The van der Waals surface area contributed by atoms with Crippen molar-refractivity contribution in [2.24, 2.45) is 0 Å². The second-order valence-electron chi connectivity index (χ2n) is 4.42. The zero-order valence-electron chi connectivity index (χ0n) is 11.1. The normalized spacial score (nSPS) is 20.4. The van der Waals surface area contributed by atoms with Gasteiger partial charge in [-0.1, -0.05) is 6.92 Å². The average molecular weight is 299 g/mol. The van der Waals surface area contributed by atoms with E-state index in [9.17, 15) is 9.59 Å². The van der Waals surface area contributed by atoms with Gasteiger partial charge in [0.2, 0.25) is 0 Å². The van der Waals surface area contributed by atoms with Gasteiger partial charge in [0.05, 0.1) is 19.2 Å². The van der Waals surface area contributed by atoms with E-state index in [1.165, 1.54) is 16.2 Å². The summed E-state index contributed by atoms with van der Waals surface area (Å²) in [5.41, 5.74) is 0. The maximum absolute atomic E-state index is 12.2. The number of ether oxygens (including phenoxy) is 1. The van der Waals surface area contributed by atoms with Gasteiger partial charge < -0.3 is 20.1 Å². The van der Waals surface area contributed by atoms with E-state index in [-0.39, 0.29) is 25.2 Å². The third kappa shape index (κ3) is 3.45. The minimum Gasteiger partial charge on any atom is -0.479 e. The largest absolute Gasteiger partial charge is 0.479 e. The smallest absolute Gasteiger partial charge is 0.334 e. The SMILES string of the molecule is CCC(NC(=O)N1CCOC(C(=O)O)C1)c1nccs1. The average Bonchev–Trinajstić information content (AvgIpc) is 2.98. The molecule has 110 valence electrons. The van der Waals surface area contributed by atoms with Crippen LogP contribution in [0.2, 0.25) is 0 Å². The highest BCUT2D eigenvalue weighted by atomic mass is 32.1. The number of rotatable bonds is 4. The molecule has 2 amide bonds. The lowest BCUT2D eigenvalue weighted by Gasteiger charge is -2.31. The molecule has 2 N–H and O–H groups in total. The molecule has 0 aromatic carbocycles. The first-order chi connectivity index (χ1) is 9.61. The number of thiazole rings is 1. The number of carbonyl (C=O) groups is 2. The Labute approximate surface area is 120 Å². The summed E-state index contributed by atoms with van der Waals surface area (Å²) in [6, 6.07) is -0.421. The zero-order chi connectivity index (χ0) is 14.5. The van der Waals surface area contributed by atoms with Crippen molar-refractivity contribution >= 4 is 23.3 Å². The Morgan fingerprint density at radius 3 is 3.10 bits per heavy atom. The molecule has 20 heavy (non-hydrogen) atoms. The lowest BCUT2D eigenvalue weighted by molar-refractivity contribution is -0.154. The fourth-order valence-corrected chi connectivity index (χ4v) is 2.74. The van der Waals surface area contributed by atoms with Crippen LogP contribution in [0.3, 0.4) is 0 Å². The van der Waals surface area contributed by atoms with E-state index >= 15 is 0 Å². The molecular formula is C12H17N3O4S. The molecule has 0 spiro atoms. The summed E-state index contributed by atoms with van der Waals surface area (Å²) < 4.78 is 5.09. The lowest BCUT2D eigenvalue weighted by atomic mass is 10.2. The van der Waals surface area contributed by atoms with Gasteiger partial charge in [0.15, 0.2) is 6.10 Å². The minimum absolute atomic E-state index is 0.0650. The van der Waals surface area contributed by atoms with Crippen LogP contribution in [0.15, 0.2) is 11.6 Å². The highest BCUT2D eigenvalue weighted by Gasteiger charge is 2.30. The van der Waals surface area contributed by atoms with Crippen molar-refractivity contribution in [1.82, 2.24) is 15.2 Å². The number of carboxylic acid groups (broad SMARTS) is 1. The second kappa shape index (κ2) is 6.67. The summed E-state index contributed by atoms with van der Waals surface area (Å²) >= 11 is 1.49. The molecule has 1 aromatic heterocycles. The van der Waals surface area contributed by atoms with Crippen molar-refractivity contribution in [2.75, 3.05) is 19.7 Å². The summed E-state index contributed by atoms with van der Waals surface area (Å²) in [5.74, 6) is -1.05. The van der Waals surface area contributed by atoms with Gasteiger partial charge in [-0.2, -0.15) is 0 Å². The van der Waals surface area contributed by atoms with E-state index < -0.39 is 12.1 Å². The Morgan fingerprint density at radius 2 is 2.50 bits per heavy atom. The van der Waals surface area contributed by atoms with Gasteiger partial charge >= 0.3 is 12.0 Å². The number of nitrogens with one attached hydrogen (secondary N) is 1. The van der Waals surface area contributed by atoms with Gasteiger partial charge in [0.25, 0.3) is 0 Å². The van der Waals surface area contributed by atoms with Crippen LogP contribution in [0.5, 0.6) is 0 Å². The van der Waals surface area contributed by atoms with E-state index in [1.54, 1.807) is 6.20 Å². The first-order valence-electron chi connectivity index (χ1n) is 6.41. The molecule has 0 radical (unpaired) electrons. The van der Waals surface area contributed by atoms with E-state index in [0.717, 1.165) is 11.4 Å².